The van der Waals surface area contributed by atoms with Crippen LogP contribution in [0.4, 0.5) is 4.79 Å². The van der Waals surface area contributed by atoms with E-state index in [0.717, 1.165) is 0 Å². The van der Waals surface area contributed by atoms with E-state index in [0.29, 0.717) is 12.2 Å². The van der Waals surface area contributed by atoms with Crippen molar-refractivity contribution in [3.05, 3.63) is 35.9 Å². The molecule has 1 aromatic rings. The molecule has 0 aromatic heterocycles. The van der Waals surface area contributed by atoms with E-state index in [1.165, 1.54) is 0 Å². The van der Waals surface area contributed by atoms with E-state index in [-0.39, 0.29) is 12.7 Å². The molecule has 1 atom stereocenters. The Morgan fingerprint density at radius 3 is 2.69 bits per heavy atom. The quantitative estimate of drug-likeness (QED) is 0.771. The summed E-state index contributed by atoms with van der Waals surface area (Å²) in [6, 6.07) is 8.47. The Labute approximate surface area is 92.4 Å². The summed E-state index contributed by atoms with van der Waals surface area (Å²) in [5.41, 5.74) is 0.419. The molecular weight excluding hydrogens is 210 g/mol. The molecule has 0 radical (unpaired) electrons. The highest BCUT2D eigenvalue weighted by atomic mass is 16.6. The van der Waals surface area contributed by atoms with Gasteiger partial charge in [-0.3, -0.25) is 10.1 Å². The van der Waals surface area contributed by atoms with Crippen molar-refractivity contribution in [1.29, 1.82) is 0 Å². The third kappa shape index (κ3) is 3.06. The average Bonchev–Trinajstić information content (AvgIpc) is 3.11. The minimum absolute atomic E-state index is 0.00224. The van der Waals surface area contributed by atoms with Gasteiger partial charge in [0.15, 0.2) is 0 Å². The molecule has 0 saturated carbocycles. The maximum absolute atomic E-state index is 11.5. The highest BCUT2D eigenvalue weighted by Crippen LogP contribution is 2.08. The second-order valence-corrected chi connectivity index (χ2v) is 3.37. The number of benzene rings is 1. The molecule has 1 aromatic carbocycles. The number of ether oxygens (including phenoxy) is 2. The molecular formula is C11H11NO4. The molecule has 0 aliphatic carbocycles. The van der Waals surface area contributed by atoms with Gasteiger partial charge < -0.3 is 9.47 Å². The Morgan fingerprint density at radius 1 is 1.38 bits per heavy atom. The zero-order valence-electron chi connectivity index (χ0n) is 8.51. The second kappa shape index (κ2) is 4.76. The molecule has 0 bridgehead atoms. The highest BCUT2D eigenvalue weighted by molar-refractivity contribution is 6.02. The van der Waals surface area contributed by atoms with Crippen molar-refractivity contribution in [3.63, 3.8) is 0 Å². The zero-order chi connectivity index (χ0) is 11.4. The Morgan fingerprint density at radius 2 is 2.06 bits per heavy atom. The van der Waals surface area contributed by atoms with Gasteiger partial charge in [0.2, 0.25) is 0 Å². The normalized spacial score (nSPS) is 17.6. The molecule has 5 nitrogen and oxygen atoms in total. The van der Waals surface area contributed by atoms with Crippen molar-refractivity contribution in [2.45, 2.75) is 6.10 Å². The van der Waals surface area contributed by atoms with Gasteiger partial charge in [0.05, 0.1) is 6.61 Å². The molecule has 84 valence electrons. The SMILES string of the molecule is O=C(NC(=O)c1ccccc1)OC[C@@H]1CO1. The van der Waals surface area contributed by atoms with E-state index in [1.807, 2.05) is 0 Å². The number of hydrogen-bond donors (Lipinski definition) is 1. The van der Waals surface area contributed by atoms with E-state index < -0.39 is 12.0 Å². The van der Waals surface area contributed by atoms with E-state index in [1.54, 1.807) is 30.3 Å². The molecule has 2 rings (SSSR count). The molecule has 1 fully saturated rings. The summed E-state index contributed by atoms with van der Waals surface area (Å²) in [6.07, 6.45) is -0.748. The first kappa shape index (κ1) is 10.6. The van der Waals surface area contributed by atoms with Crippen molar-refractivity contribution in [1.82, 2.24) is 5.32 Å². The van der Waals surface area contributed by atoms with Gasteiger partial charge in [0.25, 0.3) is 5.91 Å². The maximum atomic E-state index is 11.5. The Hall–Kier alpha value is -1.88. The third-order valence-corrected chi connectivity index (χ3v) is 2.05. The smallest absolute Gasteiger partial charge is 0.414 e. The number of epoxide rings is 1. The summed E-state index contributed by atoms with van der Waals surface area (Å²) in [7, 11) is 0. The molecule has 16 heavy (non-hydrogen) atoms. The second-order valence-electron chi connectivity index (χ2n) is 3.37. The standard InChI is InChI=1S/C11H11NO4/c13-10(8-4-2-1-3-5-8)12-11(14)16-7-9-6-15-9/h1-5,9H,6-7H2,(H,12,13,14)/t9-/m0/s1. The molecule has 1 N–H and O–H groups in total. The van der Waals surface area contributed by atoms with Crippen LogP contribution in [0.15, 0.2) is 30.3 Å². The summed E-state index contributed by atoms with van der Waals surface area (Å²) in [4.78, 5) is 22.6. The molecule has 1 aliphatic rings. The largest absolute Gasteiger partial charge is 0.446 e. The van der Waals surface area contributed by atoms with Crippen LogP contribution < -0.4 is 5.32 Å². The summed E-state index contributed by atoms with van der Waals surface area (Å²) in [5.74, 6) is -0.470. The summed E-state index contributed by atoms with van der Waals surface area (Å²) in [5, 5.41) is 2.12. The molecule has 5 heteroatoms. The predicted molar refractivity (Wildman–Crippen MR) is 55.0 cm³/mol. The number of imide groups is 1. The maximum Gasteiger partial charge on any atom is 0.414 e. The minimum Gasteiger partial charge on any atom is -0.446 e. The molecule has 0 unspecified atom stereocenters. The first-order valence-corrected chi connectivity index (χ1v) is 4.90. The van der Waals surface area contributed by atoms with E-state index in [2.05, 4.69) is 5.32 Å². The fourth-order valence-electron chi connectivity index (χ4n) is 1.12. The molecule has 1 heterocycles. The van der Waals surface area contributed by atoms with Crippen LogP contribution in [-0.2, 0) is 9.47 Å². The lowest BCUT2D eigenvalue weighted by Gasteiger charge is -2.04. The highest BCUT2D eigenvalue weighted by Gasteiger charge is 2.24. The minimum atomic E-state index is -0.746. The van der Waals surface area contributed by atoms with E-state index >= 15 is 0 Å². The number of amides is 2. The van der Waals surface area contributed by atoms with Crippen molar-refractivity contribution >= 4 is 12.0 Å². The Kier molecular flexibility index (Phi) is 3.16. The van der Waals surface area contributed by atoms with Crippen LogP contribution in [0.25, 0.3) is 0 Å². The van der Waals surface area contributed by atoms with Crippen LogP contribution in [0.1, 0.15) is 10.4 Å². The topological polar surface area (TPSA) is 67.9 Å². The molecule has 1 saturated heterocycles. The van der Waals surface area contributed by atoms with Crippen LogP contribution in [-0.4, -0.2) is 31.3 Å². The van der Waals surface area contributed by atoms with Gasteiger partial charge in [0, 0.05) is 5.56 Å². The number of carbonyl (C=O) groups excluding carboxylic acids is 2. The lowest BCUT2D eigenvalue weighted by Crippen LogP contribution is -2.31. The van der Waals surface area contributed by atoms with E-state index in [4.69, 9.17) is 9.47 Å². The van der Waals surface area contributed by atoms with Gasteiger partial charge in [0.1, 0.15) is 12.7 Å². The summed E-state index contributed by atoms with van der Waals surface area (Å²) in [6.45, 7) is 0.799. The van der Waals surface area contributed by atoms with Gasteiger partial charge in [-0.2, -0.15) is 0 Å². The van der Waals surface area contributed by atoms with Gasteiger partial charge >= 0.3 is 6.09 Å². The molecule has 0 spiro atoms. The van der Waals surface area contributed by atoms with Crippen molar-refractivity contribution in [3.8, 4) is 0 Å². The number of hydrogen-bond acceptors (Lipinski definition) is 4. The molecule has 1 aliphatic heterocycles. The average molecular weight is 221 g/mol. The Balaban J connectivity index is 1.79. The van der Waals surface area contributed by atoms with Gasteiger partial charge in [-0.15, -0.1) is 0 Å². The number of carbonyl (C=O) groups is 2. The Bertz CT molecular complexity index is 386. The van der Waals surface area contributed by atoms with Crippen molar-refractivity contribution < 1.29 is 19.1 Å². The number of rotatable bonds is 3. The monoisotopic (exact) mass is 221 g/mol. The van der Waals surface area contributed by atoms with Crippen molar-refractivity contribution in [2.75, 3.05) is 13.2 Å². The van der Waals surface area contributed by atoms with Gasteiger partial charge in [-0.1, -0.05) is 18.2 Å². The van der Waals surface area contributed by atoms with Gasteiger partial charge in [-0.25, -0.2) is 4.79 Å². The first-order chi connectivity index (χ1) is 7.75. The zero-order valence-corrected chi connectivity index (χ0v) is 8.51. The fraction of sp³-hybridized carbons (Fsp3) is 0.273. The first-order valence-electron chi connectivity index (χ1n) is 4.90. The van der Waals surface area contributed by atoms with Crippen LogP contribution in [0.3, 0.4) is 0 Å². The summed E-state index contributed by atoms with van der Waals surface area (Å²) < 4.78 is 9.62. The summed E-state index contributed by atoms with van der Waals surface area (Å²) >= 11 is 0. The van der Waals surface area contributed by atoms with Crippen LogP contribution >= 0.6 is 0 Å². The predicted octanol–water partition coefficient (Wildman–Crippen LogP) is 0.952. The molecule has 2 amide bonds. The number of nitrogens with one attached hydrogen (secondary N) is 1. The van der Waals surface area contributed by atoms with Crippen molar-refractivity contribution in [2.24, 2.45) is 0 Å². The van der Waals surface area contributed by atoms with E-state index in [9.17, 15) is 9.59 Å². The fourth-order valence-corrected chi connectivity index (χ4v) is 1.12. The van der Waals surface area contributed by atoms with Crippen LogP contribution in [0.5, 0.6) is 0 Å². The van der Waals surface area contributed by atoms with Gasteiger partial charge in [-0.05, 0) is 12.1 Å². The van der Waals surface area contributed by atoms with Crippen LogP contribution in [0.2, 0.25) is 0 Å². The third-order valence-electron chi connectivity index (χ3n) is 2.05. The van der Waals surface area contributed by atoms with Crippen LogP contribution in [0, 0.1) is 0 Å². The number of alkyl carbamates (subject to hydrolysis) is 1. The lowest BCUT2D eigenvalue weighted by atomic mass is 10.2. The lowest BCUT2D eigenvalue weighted by molar-refractivity contribution is 0.0911.